The number of fused-ring (bicyclic) bond motifs is 1. The van der Waals surface area contributed by atoms with Crippen LogP contribution in [-0.4, -0.2) is 4.98 Å². The largest absolute Gasteiger partial charge is 0.361 e. The smallest absolute Gasteiger partial charge is 0.0991 e. The van der Waals surface area contributed by atoms with Crippen LogP contribution < -0.4 is 5.32 Å². The second-order valence-electron chi connectivity index (χ2n) is 5.24. The lowest BCUT2D eigenvalue weighted by Crippen LogP contribution is -1.90. The molecule has 4 heteroatoms. The number of H-pyrrole nitrogens is 1. The van der Waals surface area contributed by atoms with Crippen molar-refractivity contribution >= 4 is 22.2 Å². The van der Waals surface area contributed by atoms with Gasteiger partial charge in [-0.05, 0) is 55.0 Å². The van der Waals surface area contributed by atoms with Gasteiger partial charge in [0.25, 0.3) is 0 Å². The number of nitrogens with one attached hydrogen (secondary N) is 2. The quantitative estimate of drug-likeness (QED) is 0.753. The van der Waals surface area contributed by atoms with Crippen molar-refractivity contribution in [3.8, 4) is 12.1 Å². The second kappa shape index (κ2) is 6.09. The summed E-state index contributed by atoms with van der Waals surface area (Å²) in [5.41, 5.74) is 5.31. The van der Waals surface area contributed by atoms with Gasteiger partial charge >= 0.3 is 0 Å². The van der Waals surface area contributed by atoms with Crippen LogP contribution in [0.1, 0.15) is 23.6 Å². The predicted octanol–water partition coefficient (Wildman–Crippen LogP) is 4.38. The minimum absolute atomic E-state index is 0.636. The first kappa shape index (κ1) is 14.4. The first-order valence-corrected chi connectivity index (χ1v) is 7.16. The summed E-state index contributed by atoms with van der Waals surface area (Å²) in [6, 6.07) is 17.2. The second-order valence-corrected chi connectivity index (χ2v) is 5.24. The van der Waals surface area contributed by atoms with Crippen molar-refractivity contribution < 1.29 is 0 Å². The zero-order valence-corrected chi connectivity index (χ0v) is 12.6. The lowest BCUT2D eigenvalue weighted by molar-refractivity contribution is 1.45. The number of hydrogen-bond acceptors (Lipinski definition) is 3. The van der Waals surface area contributed by atoms with E-state index in [0.717, 1.165) is 27.7 Å². The third-order valence-electron chi connectivity index (χ3n) is 3.71. The van der Waals surface area contributed by atoms with E-state index >= 15 is 0 Å². The lowest BCUT2D eigenvalue weighted by atomic mass is 10.1. The Hall–Kier alpha value is -3.50. The Bertz CT molecular complexity index is 963. The van der Waals surface area contributed by atoms with Crippen LogP contribution in [0.25, 0.3) is 16.5 Å². The highest BCUT2D eigenvalue weighted by atomic mass is 14.8. The summed E-state index contributed by atoms with van der Waals surface area (Å²) in [5, 5.41) is 22.1. The first-order valence-electron chi connectivity index (χ1n) is 7.16. The van der Waals surface area contributed by atoms with Crippen molar-refractivity contribution in [2.75, 3.05) is 5.32 Å². The average molecular weight is 298 g/mol. The fourth-order valence-corrected chi connectivity index (χ4v) is 2.43. The van der Waals surface area contributed by atoms with Gasteiger partial charge in [0.05, 0.1) is 23.3 Å². The molecule has 0 radical (unpaired) electrons. The molecule has 0 saturated heterocycles. The van der Waals surface area contributed by atoms with Gasteiger partial charge in [-0.1, -0.05) is 0 Å². The molecule has 23 heavy (non-hydrogen) atoms. The highest BCUT2D eigenvalue weighted by Crippen LogP contribution is 2.25. The van der Waals surface area contributed by atoms with Crippen molar-refractivity contribution in [3.05, 3.63) is 71.6 Å². The number of nitrogens with zero attached hydrogens (tertiary/aromatic N) is 2. The standard InChI is InChI=1S/C19H14N4/c1-13(11-22-16-5-2-14(9-20)3-6-16)18-12-23-19-7-4-15(10-21)8-17(18)19/h2-8,11-12,22-23H,1H3/b13-11+. The van der Waals surface area contributed by atoms with Crippen molar-refractivity contribution in [1.82, 2.24) is 4.98 Å². The van der Waals surface area contributed by atoms with Crippen molar-refractivity contribution in [2.24, 2.45) is 0 Å². The van der Waals surface area contributed by atoms with Crippen LogP contribution in [0, 0.1) is 22.7 Å². The average Bonchev–Trinajstić information content (AvgIpc) is 3.03. The minimum Gasteiger partial charge on any atom is -0.361 e. The summed E-state index contributed by atoms with van der Waals surface area (Å²) >= 11 is 0. The molecule has 1 aromatic heterocycles. The summed E-state index contributed by atoms with van der Waals surface area (Å²) in [7, 11) is 0. The zero-order chi connectivity index (χ0) is 16.2. The molecule has 0 aliphatic heterocycles. The molecular formula is C19H14N4. The molecule has 110 valence electrons. The van der Waals surface area contributed by atoms with E-state index in [4.69, 9.17) is 10.5 Å². The number of anilines is 1. The van der Waals surface area contributed by atoms with Crippen LogP contribution in [0.15, 0.2) is 54.9 Å². The Morgan fingerprint density at radius 3 is 2.43 bits per heavy atom. The van der Waals surface area contributed by atoms with Crippen LogP contribution in [0.5, 0.6) is 0 Å². The molecule has 2 N–H and O–H groups in total. The van der Waals surface area contributed by atoms with Crippen molar-refractivity contribution in [3.63, 3.8) is 0 Å². The van der Waals surface area contributed by atoms with Gasteiger partial charge < -0.3 is 10.3 Å². The van der Waals surface area contributed by atoms with Gasteiger partial charge in [0.15, 0.2) is 0 Å². The molecule has 4 nitrogen and oxygen atoms in total. The van der Waals surface area contributed by atoms with Gasteiger partial charge in [-0.25, -0.2) is 0 Å². The normalized spacial score (nSPS) is 11.0. The van der Waals surface area contributed by atoms with E-state index in [0.29, 0.717) is 11.1 Å². The fourth-order valence-electron chi connectivity index (χ4n) is 2.43. The third kappa shape index (κ3) is 2.92. The molecule has 0 atom stereocenters. The predicted molar refractivity (Wildman–Crippen MR) is 91.4 cm³/mol. The van der Waals surface area contributed by atoms with Crippen LogP contribution in [0.4, 0.5) is 5.69 Å². The molecule has 0 unspecified atom stereocenters. The zero-order valence-electron chi connectivity index (χ0n) is 12.6. The van der Waals surface area contributed by atoms with Crippen LogP contribution in [0.3, 0.4) is 0 Å². The van der Waals surface area contributed by atoms with Gasteiger partial charge in [-0.15, -0.1) is 0 Å². The Morgan fingerprint density at radius 1 is 1.04 bits per heavy atom. The number of nitriles is 2. The van der Waals surface area contributed by atoms with Crippen LogP contribution >= 0.6 is 0 Å². The van der Waals surface area contributed by atoms with E-state index < -0.39 is 0 Å². The molecule has 0 spiro atoms. The maximum atomic E-state index is 9.05. The lowest BCUT2D eigenvalue weighted by Gasteiger charge is -2.04. The highest BCUT2D eigenvalue weighted by Gasteiger charge is 2.06. The van der Waals surface area contributed by atoms with Crippen molar-refractivity contribution in [2.45, 2.75) is 6.92 Å². The molecule has 3 aromatic rings. The van der Waals surface area contributed by atoms with E-state index in [1.54, 1.807) is 18.2 Å². The summed E-state index contributed by atoms with van der Waals surface area (Å²) in [5.74, 6) is 0. The molecular weight excluding hydrogens is 284 g/mol. The van der Waals surface area contributed by atoms with Crippen LogP contribution in [0.2, 0.25) is 0 Å². The molecule has 0 bridgehead atoms. The Labute approximate surface area is 134 Å². The maximum absolute atomic E-state index is 9.05. The van der Waals surface area contributed by atoms with E-state index in [-0.39, 0.29) is 0 Å². The Morgan fingerprint density at radius 2 is 1.74 bits per heavy atom. The SMILES string of the molecule is C/C(=C\Nc1ccc(C#N)cc1)c1c[nH]c2ccc(C#N)cc12. The number of allylic oxidation sites excluding steroid dienone is 1. The number of aromatic nitrogens is 1. The number of benzene rings is 2. The van der Waals surface area contributed by atoms with Crippen molar-refractivity contribution in [1.29, 1.82) is 10.5 Å². The van der Waals surface area contributed by atoms with Gasteiger partial charge in [-0.3, -0.25) is 0 Å². The maximum Gasteiger partial charge on any atom is 0.0991 e. The van der Waals surface area contributed by atoms with Crippen LogP contribution in [-0.2, 0) is 0 Å². The Kier molecular flexibility index (Phi) is 3.82. The van der Waals surface area contributed by atoms with Gasteiger partial charge in [-0.2, -0.15) is 10.5 Å². The Balaban J connectivity index is 1.88. The van der Waals surface area contributed by atoms with Gasteiger partial charge in [0, 0.05) is 34.6 Å². The molecule has 0 amide bonds. The van der Waals surface area contributed by atoms with E-state index in [1.165, 1.54) is 0 Å². The van der Waals surface area contributed by atoms with E-state index in [1.807, 2.05) is 43.6 Å². The van der Waals surface area contributed by atoms with E-state index in [9.17, 15) is 0 Å². The molecule has 1 heterocycles. The third-order valence-corrected chi connectivity index (χ3v) is 3.71. The summed E-state index contributed by atoms with van der Waals surface area (Å²) < 4.78 is 0. The summed E-state index contributed by atoms with van der Waals surface area (Å²) in [6.07, 6.45) is 3.86. The first-order chi connectivity index (χ1) is 11.2. The molecule has 0 aliphatic rings. The summed E-state index contributed by atoms with van der Waals surface area (Å²) in [4.78, 5) is 3.22. The number of aromatic amines is 1. The van der Waals surface area contributed by atoms with Gasteiger partial charge in [0.2, 0.25) is 0 Å². The monoisotopic (exact) mass is 298 g/mol. The molecule has 2 aromatic carbocycles. The molecule has 0 fully saturated rings. The number of hydrogen-bond donors (Lipinski definition) is 2. The minimum atomic E-state index is 0.636. The van der Waals surface area contributed by atoms with E-state index in [2.05, 4.69) is 22.4 Å². The molecule has 3 rings (SSSR count). The van der Waals surface area contributed by atoms with Gasteiger partial charge in [0.1, 0.15) is 0 Å². The molecule has 0 aliphatic carbocycles. The summed E-state index contributed by atoms with van der Waals surface area (Å²) in [6.45, 7) is 2.01. The topological polar surface area (TPSA) is 75.4 Å². The highest BCUT2D eigenvalue weighted by molar-refractivity contribution is 5.93. The fraction of sp³-hybridized carbons (Fsp3) is 0.0526. The molecule has 0 saturated carbocycles. The number of rotatable bonds is 3.